The van der Waals surface area contributed by atoms with Crippen molar-refractivity contribution in [2.45, 2.75) is 97.0 Å². The summed E-state index contributed by atoms with van der Waals surface area (Å²) in [7, 11) is 0. The first-order chi connectivity index (χ1) is 17.4. The lowest BCUT2D eigenvalue weighted by atomic mass is 9.99. The molecule has 5 unspecified atom stereocenters. The summed E-state index contributed by atoms with van der Waals surface area (Å²) in [5, 5.41) is 5.93. The van der Waals surface area contributed by atoms with E-state index in [4.69, 9.17) is 4.74 Å². The molecular formula is C29H45N3O4S. The monoisotopic (exact) mass is 531 g/mol. The van der Waals surface area contributed by atoms with E-state index in [1.165, 1.54) is 0 Å². The third-order valence-electron chi connectivity index (χ3n) is 6.38. The van der Waals surface area contributed by atoms with Crippen molar-refractivity contribution < 1.29 is 19.1 Å². The predicted molar refractivity (Wildman–Crippen MR) is 152 cm³/mol. The van der Waals surface area contributed by atoms with E-state index >= 15 is 0 Å². The molecule has 8 heteroatoms. The summed E-state index contributed by atoms with van der Waals surface area (Å²) < 4.78 is 5.46. The number of benzene rings is 1. The maximum Gasteiger partial charge on any atom is 0.408 e. The molecule has 2 N–H and O–H groups in total. The first kappa shape index (κ1) is 30.7. The number of rotatable bonds is 13. The maximum atomic E-state index is 14.2. The van der Waals surface area contributed by atoms with Gasteiger partial charge in [-0.05, 0) is 82.1 Å². The molecule has 1 aliphatic carbocycles. The molecule has 3 amide bonds. The molecule has 1 aromatic carbocycles. The molecule has 1 aromatic rings. The van der Waals surface area contributed by atoms with Gasteiger partial charge in [0.2, 0.25) is 11.8 Å². The summed E-state index contributed by atoms with van der Waals surface area (Å²) in [4.78, 5) is 42.4. The van der Waals surface area contributed by atoms with Gasteiger partial charge in [0.15, 0.2) is 0 Å². The lowest BCUT2D eigenvalue weighted by Gasteiger charge is -2.35. The summed E-state index contributed by atoms with van der Waals surface area (Å²) in [6.45, 7) is 15.4. The molecule has 5 atom stereocenters. The van der Waals surface area contributed by atoms with Crippen LogP contribution in [0, 0.1) is 5.92 Å². The Bertz CT molecular complexity index is 945. The Hall–Kier alpha value is -2.48. The number of carbonyl (C=O) groups is 3. The summed E-state index contributed by atoms with van der Waals surface area (Å²) in [5.74, 6) is 0.464. The number of carbonyl (C=O) groups excluding carboxylic acids is 3. The molecule has 1 fully saturated rings. The summed E-state index contributed by atoms with van der Waals surface area (Å²) in [6, 6.07) is 5.85. The second kappa shape index (κ2) is 13.9. The minimum absolute atomic E-state index is 0.0247. The Balaban J connectivity index is 2.50. The number of nitrogens with zero attached hydrogens (tertiary/aromatic N) is 1. The number of amides is 3. The van der Waals surface area contributed by atoms with Gasteiger partial charge in [0.1, 0.15) is 17.7 Å². The van der Waals surface area contributed by atoms with Gasteiger partial charge in [-0.15, -0.1) is 0 Å². The fourth-order valence-electron chi connectivity index (χ4n) is 4.42. The second-order valence-corrected chi connectivity index (χ2v) is 12.0. The first-order valence-electron chi connectivity index (χ1n) is 13.2. The number of nitrogens with one attached hydrogen (secondary N) is 2. The molecule has 2 rings (SSSR count). The van der Waals surface area contributed by atoms with Gasteiger partial charge in [0, 0.05) is 12.1 Å². The third-order valence-corrected chi connectivity index (χ3v) is 7.02. The van der Waals surface area contributed by atoms with Crippen molar-refractivity contribution in [1.82, 2.24) is 15.5 Å². The lowest BCUT2D eigenvalue weighted by molar-refractivity contribution is -0.143. The second-order valence-electron chi connectivity index (χ2n) is 11.0. The predicted octanol–water partition coefficient (Wildman–Crippen LogP) is 5.56. The van der Waals surface area contributed by atoms with Crippen molar-refractivity contribution in [1.29, 1.82) is 0 Å². The van der Waals surface area contributed by atoms with E-state index in [1.807, 2.05) is 37.4 Å². The Labute approximate surface area is 227 Å². The van der Waals surface area contributed by atoms with E-state index < -0.39 is 23.8 Å². The molecule has 7 nitrogen and oxygen atoms in total. The van der Waals surface area contributed by atoms with Crippen LogP contribution in [0.5, 0.6) is 0 Å². The molecule has 0 spiro atoms. The zero-order valence-corrected chi connectivity index (χ0v) is 24.3. The Kier molecular flexibility index (Phi) is 11.5. The number of alkyl carbamates (subject to hydrolysis) is 1. The van der Waals surface area contributed by atoms with Gasteiger partial charge in [-0.2, -0.15) is 11.8 Å². The number of ether oxygens (including phenoxy) is 1. The highest BCUT2D eigenvalue weighted by Gasteiger charge is 2.48. The highest BCUT2D eigenvalue weighted by molar-refractivity contribution is 7.98. The summed E-state index contributed by atoms with van der Waals surface area (Å²) in [5.41, 5.74) is 0.913. The molecule has 0 heterocycles. The molecule has 206 valence electrons. The molecule has 1 aliphatic rings. The zero-order valence-electron chi connectivity index (χ0n) is 23.5. The Morgan fingerprint density at radius 1 is 1.24 bits per heavy atom. The minimum Gasteiger partial charge on any atom is -0.444 e. The van der Waals surface area contributed by atoms with Gasteiger partial charge in [-0.25, -0.2) is 4.79 Å². The molecule has 0 saturated heterocycles. The average molecular weight is 532 g/mol. The fourth-order valence-corrected chi connectivity index (χ4v) is 4.89. The van der Waals surface area contributed by atoms with Crippen LogP contribution in [0.2, 0.25) is 0 Å². The van der Waals surface area contributed by atoms with Crippen LogP contribution in [-0.4, -0.2) is 58.5 Å². The smallest absolute Gasteiger partial charge is 0.408 e. The average Bonchev–Trinajstić information content (AvgIpc) is 3.54. The van der Waals surface area contributed by atoms with Crippen LogP contribution >= 0.6 is 11.8 Å². The Morgan fingerprint density at radius 2 is 1.92 bits per heavy atom. The van der Waals surface area contributed by atoms with E-state index in [0.29, 0.717) is 12.2 Å². The standard InChI is InChI=1S/C29H45N3O4S/c1-9-12-20(4)30-26(33)25(22-14-11-13-21(10-2)18-22)32(24-17-19(24)3)27(34)23(15-16-37-8)31-28(35)36-29(5,6)7/h10-11,13-14,18-20,23-25H,2,9,12,15-17H2,1,3-8H3,(H,30,33)(H,31,35). The molecular weight excluding hydrogens is 486 g/mol. The van der Waals surface area contributed by atoms with Crippen molar-refractivity contribution in [3.8, 4) is 0 Å². The normalized spacial score (nSPS) is 19.2. The number of hydrogen-bond donors (Lipinski definition) is 2. The van der Waals surface area contributed by atoms with Crippen molar-refractivity contribution in [2.75, 3.05) is 12.0 Å². The van der Waals surface area contributed by atoms with Crippen LogP contribution in [0.1, 0.15) is 84.4 Å². The minimum atomic E-state index is -0.820. The van der Waals surface area contributed by atoms with E-state index in [1.54, 1.807) is 43.5 Å². The third kappa shape index (κ3) is 9.40. The lowest BCUT2D eigenvalue weighted by Crippen LogP contribution is -2.54. The summed E-state index contributed by atoms with van der Waals surface area (Å²) in [6.07, 6.45) is 6.08. The highest BCUT2D eigenvalue weighted by Crippen LogP contribution is 2.41. The van der Waals surface area contributed by atoms with Gasteiger partial charge in [0.05, 0.1) is 0 Å². The maximum absolute atomic E-state index is 14.2. The fraction of sp³-hybridized carbons (Fsp3) is 0.621. The van der Waals surface area contributed by atoms with Crippen LogP contribution in [0.4, 0.5) is 4.79 Å². The van der Waals surface area contributed by atoms with Gasteiger partial charge in [-0.3, -0.25) is 9.59 Å². The highest BCUT2D eigenvalue weighted by atomic mass is 32.2. The van der Waals surface area contributed by atoms with Crippen LogP contribution in [0.3, 0.4) is 0 Å². The molecule has 0 aliphatic heterocycles. The van der Waals surface area contributed by atoms with Gasteiger partial charge < -0.3 is 20.3 Å². The van der Waals surface area contributed by atoms with Crippen molar-refractivity contribution in [3.05, 3.63) is 42.0 Å². The molecule has 0 bridgehead atoms. The van der Waals surface area contributed by atoms with E-state index in [9.17, 15) is 14.4 Å². The van der Waals surface area contributed by atoms with Gasteiger partial charge >= 0.3 is 6.09 Å². The summed E-state index contributed by atoms with van der Waals surface area (Å²) >= 11 is 1.60. The van der Waals surface area contributed by atoms with Crippen molar-refractivity contribution in [3.63, 3.8) is 0 Å². The van der Waals surface area contributed by atoms with Crippen LogP contribution in [0.15, 0.2) is 30.8 Å². The molecule has 0 aromatic heterocycles. The number of hydrogen-bond acceptors (Lipinski definition) is 5. The zero-order chi connectivity index (χ0) is 27.8. The molecule has 1 saturated carbocycles. The number of thioether (sulfide) groups is 1. The first-order valence-corrected chi connectivity index (χ1v) is 14.6. The van der Waals surface area contributed by atoms with E-state index in [2.05, 4.69) is 31.1 Å². The largest absolute Gasteiger partial charge is 0.444 e. The van der Waals surface area contributed by atoms with Crippen LogP contribution in [-0.2, 0) is 14.3 Å². The SMILES string of the molecule is C=Cc1cccc(C(C(=O)NC(C)CCC)N(C(=O)C(CCSC)NC(=O)OC(C)(C)C)C2CC2C)c1. The van der Waals surface area contributed by atoms with Crippen molar-refractivity contribution >= 4 is 35.7 Å². The Morgan fingerprint density at radius 3 is 2.46 bits per heavy atom. The quantitative estimate of drug-likeness (QED) is 0.348. The van der Waals surface area contributed by atoms with Gasteiger partial charge in [-0.1, -0.05) is 51.1 Å². The molecule has 37 heavy (non-hydrogen) atoms. The van der Waals surface area contributed by atoms with Crippen molar-refractivity contribution in [2.24, 2.45) is 5.92 Å². The topological polar surface area (TPSA) is 87.7 Å². The molecule has 0 radical (unpaired) electrons. The van der Waals surface area contributed by atoms with Crippen LogP contribution in [0.25, 0.3) is 6.08 Å². The van der Waals surface area contributed by atoms with E-state index in [-0.39, 0.29) is 29.8 Å². The van der Waals surface area contributed by atoms with E-state index in [0.717, 1.165) is 30.4 Å². The van der Waals surface area contributed by atoms with Gasteiger partial charge in [0.25, 0.3) is 0 Å². The van der Waals surface area contributed by atoms with Crippen LogP contribution < -0.4 is 10.6 Å².